The quantitative estimate of drug-likeness (QED) is 0.842. The summed E-state index contributed by atoms with van der Waals surface area (Å²) in [5.74, 6) is 0.253. The Morgan fingerprint density at radius 3 is 2.52 bits per heavy atom. The van der Waals surface area contributed by atoms with Crippen molar-refractivity contribution in [2.75, 3.05) is 22.1 Å². The molecule has 2 heterocycles. The molecule has 0 bridgehead atoms. The average Bonchev–Trinajstić information content (AvgIpc) is 2.94. The lowest BCUT2D eigenvalue weighted by atomic mass is 10.2. The molecule has 0 saturated carbocycles. The van der Waals surface area contributed by atoms with Gasteiger partial charge in [-0.1, -0.05) is 0 Å². The number of benzene rings is 1. The van der Waals surface area contributed by atoms with Gasteiger partial charge in [0.1, 0.15) is 11.5 Å². The summed E-state index contributed by atoms with van der Waals surface area (Å²) in [5.41, 5.74) is 1.18. The van der Waals surface area contributed by atoms with Gasteiger partial charge >= 0.3 is 0 Å². The number of rotatable bonds is 4. The Morgan fingerprint density at radius 2 is 1.96 bits per heavy atom. The maximum absolute atomic E-state index is 12.1. The highest BCUT2D eigenvalue weighted by atomic mass is 32.2. The number of anilines is 2. The molecule has 2 N–H and O–H groups in total. The molecule has 1 amide bonds. The lowest BCUT2D eigenvalue weighted by Gasteiger charge is -2.11. The van der Waals surface area contributed by atoms with E-state index in [2.05, 4.69) is 20.6 Å². The molecule has 0 aliphatic carbocycles. The van der Waals surface area contributed by atoms with Crippen LogP contribution < -0.4 is 10.6 Å². The summed E-state index contributed by atoms with van der Waals surface area (Å²) in [6.45, 7) is 0. The molecule has 1 unspecified atom stereocenters. The lowest BCUT2D eigenvalue weighted by Crippen LogP contribution is -2.22. The molecule has 1 aliphatic heterocycles. The van der Waals surface area contributed by atoms with E-state index >= 15 is 0 Å². The third-order valence-electron chi connectivity index (χ3n) is 3.74. The smallest absolute Gasteiger partial charge is 0.275 e. The van der Waals surface area contributed by atoms with Crippen molar-refractivity contribution >= 4 is 27.2 Å². The molecule has 2 aromatic rings. The number of nitrogens with one attached hydrogen (secondary N) is 2. The van der Waals surface area contributed by atoms with Crippen LogP contribution >= 0.6 is 0 Å². The molecule has 1 fully saturated rings. The van der Waals surface area contributed by atoms with E-state index in [0.717, 1.165) is 0 Å². The number of carbonyl (C=O) groups is 1. The molecule has 1 aliphatic rings. The molecule has 0 radical (unpaired) electrons. The van der Waals surface area contributed by atoms with E-state index in [0.29, 0.717) is 23.5 Å². The Balaban J connectivity index is 1.61. The summed E-state index contributed by atoms with van der Waals surface area (Å²) in [6.07, 6.45) is 3.26. The van der Waals surface area contributed by atoms with Gasteiger partial charge in [-0.3, -0.25) is 4.79 Å². The monoisotopic (exact) mass is 357 g/mol. The predicted octanol–water partition coefficient (Wildman–Crippen LogP) is 1.20. The molecule has 3 rings (SSSR count). The van der Waals surface area contributed by atoms with Crippen molar-refractivity contribution < 1.29 is 13.2 Å². The Hall–Kier alpha value is -2.99. The molecule has 1 aromatic carbocycles. The van der Waals surface area contributed by atoms with Gasteiger partial charge in [0.25, 0.3) is 5.91 Å². The Bertz CT molecular complexity index is 918. The van der Waals surface area contributed by atoms with Gasteiger partial charge in [0.2, 0.25) is 0 Å². The van der Waals surface area contributed by atoms with Gasteiger partial charge < -0.3 is 10.6 Å². The lowest BCUT2D eigenvalue weighted by molar-refractivity contribution is 0.102. The first-order valence-corrected chi connectivity index (χ1v) is 9.38. The zero-order valence-electron chi connectivity index (χ0n) is 13.1. The van der Waals surface area contributed by atoms with Crippen molar-refractivity contribution in [1.82, 2.24) is 9.97 Å². The number of hydrogen-bond acceptors (Lipinski definition) is 7. The number of nitriles is 1. The van der Waals surface area contributed by atoms with Crippen LogP contribution in [0.3, 0.4) is 0 Å². The third-order valence-corrected chi connectivity index (χ3v) is 5.51. The molecule has 1 aromatic heterocycles. The summed E-state index contributed by atoms with van der Waals surface area (Å²) in [7, 11) is -2.97. The van der Waals surface area contributed by atoms with Crippen LogP contribution in [0.25, 0.3) is 0 Å². The standard InChI is InChI=1S/C16H15N5O3S/c17-7-11-1-3-12(4-2-11)21-16(22)14-8-19-15(9-18-14)20-13-5-6-25(23,24)10-13/h1-4,8-9,13H,5-6,10H2,(H,19,20)(H,21,22). The van der Waals surface area contributed by atoms with Gasteiger partial charge in [0, 0.05) is 11.7 Å². The van der Waals surface area contributed by atoms with Crippen molar-refractivity contribution in [3.63, 3.8) is 0 Å². The van der Waals surface area contributed by atoms with E-state index in [1.807, 2.05) is 6.07 Å². The number of amides is 1. The highest BCUT2D eigenvalue weighted by Gasteiger charge is 2.27. The van der Waals surface area contributed by atoms with Gasteiger partial charge in [0.05, 0.1) is 35.5 Å². The summed E-state index contributed by atoms with van der Waals surface area (Å²) in [4.78, 5) is 20.3. The first-order valence-electron chi connectivity index (χ1n) is 7.56. The Morgan fingerprint density at radius 1 is 1.20 bits per heavy atom. The average molecular weight is 357 g/mol. The second kappa shape index (κ2) is 6.86. The van der Waals surface area contributed by atoms with Crippen LogP contribution in [-0.4, -0.2) is 41.8 Å². The molecule has 1 atom stereocenters. The van der Waals surface area contributed by atoms with Crippen molar-refractivity contribution in [2.45, 2.75) is 12.5 Å². The largest absolute Gasteiger partial charge is 0.365 e. The fraction of sp³-hybridized carbons (Fsp3) is 0.250. The first-order chi connectivity index (χ1) is 11.9. The normalized spacial score (nSPS) is 18.3. The van der Waals surface area contributed by atoms with E-state index in [9.17, 15) is 13.2 Å². The van der Waals surface area contributed by atoms with Crippen LogP contribution in [0.4, 0.5) is 11.5 Å². The topological polar surface area (TPSA) is 125 Å². The van der Waals surface area contributed by atoms with Gasteiger partial charge in [0.15, 0.2) is 9.84 Å². The van der Waals surface area contributed by atoms with E-state index < -0.39 is 15.7 Å². The van der Waals surface area contributed by atoms with Crippen molar-refractivity contribution in [3.05, 3.63) is 47.9 Å². The first kappa shape index (κ1) is 16.9. The van der Waals surface area contributed by atoms with Crippen LogP contribution in [-0.2, 0) is 9.84 Å². The zero-order valence-corrected chi connectivity index (χ0v) is 14.0. The van der Waals surface area contributed by atoms with Crippen LogP contribution in [0.5, 0.6) is 0 Å². The number of hydrogen-bond donors (Lipinski definition) is 2. The summed E-state index contributed by atoms with van der Waals surface area (Å²) >= 11 is 0. The van der Waals surface area contributed by atoms with Crippen LogP contribution in [0.15, 0.2) is 36.7 Å². The Kier molecular flexibility index (Phi) is 4.63. The highest BCUT2D eigenvalue weighted by Crippen LogP contribution is 2.16. The minimum absolute atomic E-state index is 0.0790. The Labute approximate surface area is 144 Å². The second-order valence-corrected chi connectivity index (χ2v) is 7.90. The summed E-state index contributed by atoms with van der Waals surface area (Å²) in [5, 5.41) is 14.4. The van der Waals surface area contributed by atoms with E-state index in [-0.39, 0.29) is 23.2 Å². The van der Waals surface area contributed by atoms with Gasteiger partial charge in [-0.05, 0) is 30.7 Å². The predicted molar refractivity (Wildman–Crippen MR) is 91.8 cm³/mol. The fourth-order valence-electron chi connectivity index (χ4n) is 2.46. The SMILES string of the molecule is N#Cc1ccc(NC(=O)c2cnc(NC3CCS(=O)(=O)C3)cn2)cc1. The number of aromatic nitrogens is 2. The molecule has 128 valence electrons. The minimum atomic E-state index is -2.97. The van der Waals surface area contributed by atoms with Crippen LogP contribution in [0, 0.1) is 11.3 Å². The van der Waals surface area contributed by atoms with E-state index in [4.69, 9.17) is 5.26 Å². The molecular weight excluding hydrogens is 342 g/mol. The molecule has 25 heavy (non-hydrogen) atoms. The van der Waals surface area contributed by atoms with Crippen LogP contribution in [0.2, 0.25) is 0 Å². The van der Waals surface area contributed by atoms with E-state index in [1.54, 1.807) is 24.3 Å². The van der Waals surface area contributed by atoms with Gasteiger partial charge in [-0.25, -0.2) is 18.4 Å². The van der Waals surface area contributed by atoms with Crippen molar-refractivity contribution in [3.8, 4) is 6.07 Å². The maximum Gasteiger partial charge on any atom is 0.275 e. The summed E-state index contributed by atoms with van der Waals surface area (Å²) < 4.78 is 22.9. The molecule has 9 heteroatoms. The molecule has 0 spiro atoms. The van der Waals surface area contributed by atoms with Gasteiger partial charge in [-0.2, -0.15) is 5.26 Å². The highest BCUT2D eigenvalue weighted by molar-refractivity contribution is 7.91. The third kappa shape index (κ3) is 4.30. The molecule has 8 nitrogen and oxygen atoms in total. The fourth-order valence-corrected chi connectivity index (χ4v) is 4.13. The van der Waals surface area contributed by atoms with Crippen molar-refractivity contribution in [1.29, 1.82) is 5.26 Å². The zero-order chi connectivity index (χ0) is 17.9. The van der Waals surface area contributed by atoms with Crippen molar-refractivity contribution in [2.24, 2.45) is 0 Å². The molecular formula is C16H15N5O3S. The number of sulfone groups is 1. The number of nitrogens with zero attached hydrogens (tertiary/aromatic N) is 3. The molecule has 1 saturated heterocycles. The number of carbonyl (C=O) groups excluding carboxylic acids is 1. The van der Waals surface area contributed by atoms with E-state index in [1.165, 1.54) is 12.4 Å². The van der Waals surface area contributed by atoms with Crippen LogP contribution in [0.1, 0.15) is 22.5 Å². The summed E-state index contributed by atoms with van der Waals surface area (Å²) in [6, 6.07) is 8.27. The maximum atomic E-state index is 12.1. The van der Waals surface area contributed by atoms with Gasteiger partial charge in [-0.15, -0.1) is 0 Å². The second-order valence-electron chi connectivity index (χ2n) is 5.67. The minimum Gasteiger partial charge on any atom is -0.365 e.